The Labute approximate surface area is 162 Å². The third-order valence-electron chi connectivity index (χ3n) is 4.99. The zero-order valence-corrected chi connectivity index (χ0v) is 17.8. The molecule has 0 aliphatic heterocycles. The van der Waals surface area contributed by atoms with Crippen LogP contribution in [0.15, 0.2) is 12.4 Å². The molecule has 0 amide bonds. The van der Waals surface area contributed by atoms with Crippen molar-refractivity contribution >= 4 is 17.7 Å². The van der Waals surface area contributed by atoms with Gasteiger partial charge in [-0.05, 0) is 48.0 Å². The summed E-state index contributed by atoms with van der Waals surface area (Å²) in [5.74, 6) is 2.59. The Kier molecular flexibility index (Phi) is 5.87. The van der Waals surface area contributed by atoms with Crippen LogP contribution in [0.1, 0.15) is 52.6 Å². The topological polar surface area (TPSA) is 97.0 Å². The molecule has 0 radical (unpaired) electrons. The van der Waals surface area contributed by atoms with Gasteiger partial charge in [0, 0.05) is 43.4 Å². The van der Waals surface area contributed by atoms with Crippen molar-refractivity contribution in [2.75, 3.05) is 29.6 Å². The number of hydrogen-bond donors (Lipinski definition) is 1. The van der Waals surface area contributed by atoms with Crippen LogP contribution < -0.4 is 15.5 Å². The molecule has 0 bridgehead atoms. The summed E-state index contributed by atoms with van der Waals surface area (Å²) in [5.41, 5.74) is 6.45. The predicted octanol–water partition coefficient (Wildman–Crippen LogP) is 2.63. The monoisotopic (exact) mass is 372 g/mol. The van der Waals surface area contributed by atoms with E-state index < -0.39 is 0 Å². The summed E-state index contributed by atoms with van der Waals surface area (Å²) >= 11 is 0. The van der Waals surface area contributed by atoms with Crippen LogP contribution in [-0.2, 0) is 6.42 Å². The van der Waals surface area contributed by atoms with Crippen molar-refractivity contribution in [2.45, 2.75) is 65.5 Å². The van der Waals surface area contributed by atoms with E-state index in [0.29, 0.717) is 11.9 Å². The molecule has 0 aromatic carbocycles. The van der Waals surface area contributed by atoms with E-state index in [9.17, 15) is 0 Å². The van der Waals surface area contributed by atoms with Gasteiger partial charge < -0.3 is 15.5 Å². The van der Waals surface area contributed by atoms with Crippen molar-refractivity contribution in [3.05, 3.63) is 23.9 Å². The van der Waals surface area contributed by atoms with Gasteiger partial charge >= 0.3 is 0 Å². The predicted molar refractivity (Wildman–Crippen MR) is 110 cm³/mol. The number of nitrogens with zero attached hydrogens (tertiary/aromatic N) is 7. The Morgan fingerprint density at radius 1 is 0.963 bits per heavy atom. The summed E-state index contributed by atoms with van der Waals surface area (Å²) in [6.07, 6.45) is 3.19. The minimum Gasteiger partial charge on any atom is -0.368 e. The first-order valence-corrected chi connectivity index (χ1v) is 9.17. The van der Waals surface area contributed by atoms with E-state index in [4.69, 9.17) is 5.73 Å². The normalized spacial score (nSPS) is 12.1. The summed E-state index contributed by atoms with van der Waals surface area (Å²) in [4.78, 5) is 26.0. The molecule has 2 aromatic heterocycles. The van der Waals surface area contributed by atoms with E-state index in [0.717, 1.165) is 30.2 Å². The second-order valence-corrected chi connectivity index (χ2v) is 8.53. The fraction of sp³-hybridized carbons (Fsp3) is 0.632. The van der Waals surface area contributed by atoms with Gasteiger partial charge in [-0.2, -0.15) is 9.97 Å². The van der Waals surface area contributed by atoms with Gasteiger partial charge in [0.25, 0.3) is 0 Å². The van der Waals surface area contributed by atoms with Crippen molar-refractivity contribution in [3.63, 3.8) is 0 Å². The Hall–Kier alpha value is -2.51. The summed E-state index contributed by atoms with van der Waals surface area (Å²) in [5, 5.41) is 0. The quantitative estimate of drug-likeness (QED) is 0.826. The Morgan fingerprint density at radius 3 is 2.22 bits per heavy atom. The van der Waals surface area contributed by atoms with Crippen LogP contribution in [0, 0.1) is 6.92 Å². The first-order valence-electron chi connectivity index (χ1n) is 9.17. The Bertz CT molecular complexity index is 761. The van der Waals surface area contributed by atoms with Gasteiger partial charge in [0.1, 0.15) is 18.0 Å². The largest absolute Gasteiger partial charge is 0.368 e. The highest BCUT2D eigenvalue weighted by Crippen LogP contribution is 2.25. The number of aryl methyl sites for hydroxylation is 2. The fourth-order valence-electron chi connectivity index (χ4n) is 2.54. The molecule has 0 aliphatic rings. The summed E-state index contributed by atoms with van der Waals surface area (Å²) in [6.45, 7) is 12.6. The van der Waals surface area contributed by atoms with Gasteiger partial charge in [-0.15, -0.1) is 0 Å². The van der Waals surface area contributed by atoms with Gasteiger partial charge in [-0.25, -0.2) is 15.0 Å². The number of rotatable bonds is 6. The lowest BCUT2D eigenvalue weighted by Crippen LogP contribution is -2.42. The molecule has 0 spiro atoms. The van der Waals surface area contributed by atoms with Crippen molar-refractivity contribution in [1.29, 1.82) is 0 Å². The number of hydrogen-bond acceptors (Lipinski definition) is 8. The van der Waals surface area contributed by atoms with Crippen LogP contribution >= 0.6 is 0 Å². The van der Waals surface area contributed by atoms with Crippen LogP contribution in [0.3, 0.4) is 0 Å². The Balaban J connectivity index is 2.12. The van der Waals surface area contributed by atoms with Gasteiger partial charge in [0.15, 0.2) is 0 Å². The lowest BCUT2D eigenvalue weighted by molar-refractivity contribution is 0.441. The van der Waals surface area contributed by atoms with Gasteiger partial charge in [0.05, 0.1) is 0 Å². The van der Waals surface area contributed by atoms with Crippen molar-refractivity contribution < 1.29 is 0 Å². The molecule has 0 saturated carbocycles. The van der Waals surface area contributed by atoms with E-state index in [-0.39, 0.29) is 11.1 Å². The highest BCUT2D eigenvalue weighted by molar-refractivity contribution is 5.45. The van der Waals surface area contributed by atoms with E-state index in [1.807, 2.05) is 27.1 Å². The highest BCUT2D eigenvalue weighted by atomic mass is 15.3. The maximum Gasteiger partial charge on any atom is 0.228 e. The van der Waals surface area contributed by atoms with Crippen molar-refractivity contribution in [1.82, 2.24) is 24.9 Å². The molecule has 2 N–H and O–H groups in total. The van der Waals surface area contributed by atoms with Gasteiger partial charge in [-0.3, -0.25) is 0 Å². The van der Waals surface area contributed by atoms with Crippen LogP contribution in [-0.4, -0.2) is 50.1 Å². The SMILES string of the molecule is Cc1cc(N(C)C(C)(C)CCc2ncnc(N(C)C(C)(C)C)n2)nc(N)n1. The van der Waals surface area contributed by atoms with Crippen LogP contribution in [0.5, 0.6) is 0 Å². The van der Waals surface area contributed by atoms with Gasteiger partial charge in [0.2, 0.25) is 11.9 Å². The third kappa shape index (κ3) is 5.24. The first kappa shape index (κ1) is 20.8. The lowest BCUT2D eigenvalue weighted by atomic mass is 9.96. The number of anilines is 3. The molecule has 2 aromatic rings. The minimum atomic E-state index is -0.157. The molecule has 2 rings (SSSR count). The zero-order chi connectivity index (χ0) is 20.4. The molecule has 8 nitrogen and oxygen atoms in total. The Morgan fingerprint density at radius 2 is 1.63 bits per heavy atom. The zero-order valence-electron chi connectivity index (χ0n) is 17.8. The van der Waals surface area contributed by atoms with Crippen molar-refractivity contribution in [2.24, 2.45) is 0 Å². The van der Waals surface area contributed by atoms with Crippen LogP contribution in [0.2, 0.25) is 0 Å². The molecule has 8 heteroatoms. The molecular weight excluding hydrogens is 340 g/mol. The van der Waals surface area contributed by atoms with E-state index in [1.54, 1.807) is 6.33 Å². The summed E-state index contributed by atoms with van der Waals surface area (Å²) in [7, 11) is 4.02. The van der Waals surface area contributed by atoms with E-state index in [1.165, 1.54) is 0 Å². The number of nitrogens with two attached hydrogens (primary N) is 1. The first-order chi connectivity index (χ1) is 12.4. The van der Waals surface area contributed by atoms with E-state index in [2.05, 4.69) is 69.3 Å². The molecule has 0 unspecified atom stereocenters. The smallest absolute Gasteiger partial charge is 0.228 e. The molecular formula is C19H32N8. The number of aromatic nitrogens is 5. The minimum absolute atomic E-state index is 0.0527. The van der Waals surface area contributed by atoms with Gasteiger partial charge in [-0.1, -0.05) is 0 Å². The standard InChI is InChI=1S/C19H32N8/c1-13-11-15(25-16(20)23-13)26(7)19(5,6)10-9-14-21-12-22-17(24-14)27(8)18(2,3)4/h11-12H,9-10H2,1-8H3,(H2,20,23,25). The average Bonchev–Trinajstić information content (AvgIpc) is 2.57. The second-order valence-electron chi connectivity index (χ2n) is 8.53. The van der Waals surface area contributed by atoms with E-state index >= 15 is 0 Å². The molecule has 0 saturated heterocycles. The maximum atomic E-state index is 5.81. The molecule has 27 heavy (non-hydrogen) atoms. The summed E-state index contributed by atoms with van der Waals surface area (Å²) < 4.78 is 0. The molecule has 0 aliphatic carbocycles. The highest BCUT2D eigenvalue weighted by Gasteiger charge is 2.26. The van der Waals surface area contributed by atoms with Crippen LogP contribution in [0.4, 0.5) is 17.7 Å². The maximum absolute atomic E-state index is 5.81. The molecule has 0 fully saturated rings. The van der Waals surface area contributed by atoms with Crippen molar-refractivity contribution in [3.8, 4) is 0 Å². The number of nitrogen functional groups attached to an aromatic ring is 1. The molecule has 2 heterocycles. The van der Waals surface area contributed by atoms with Crippen LogP contribution in [0.25, 0.3) is 0 Å². The second kappa shape index (κ2) is 7.62. The molecule has 148 valence electrons. The fourth-order valence-corrected chi connectivity index (χ4v) is 2.54. The molecule has 0 atom stereocenters. The lowest BCUT2D eigenvalue weighted by Gasteiger charge is -2.37. The summed E-state index contributed by atoms with van der Waals surface area (Å²) in [6, 6.07) is 1.94. The average molecular weight is 373 g/mol. The third-order valence-corrected chi connectivity index (χ3v) is 4.99.